The monoisotopic (exact) mass is 370 g/mol. The third-order valence-corrected chi connectivity index (χ3v) is 4.89. The van der Waals surface area contributed by atoms with Crippen LogP contribution in [0.5, 0.6) is 0 Å². The van der Waals surface area contributed by atoms with E-state index in [2.05, 4.69) is 70.3 Å². The minimum Gasteiger partial charge on any atom is -0.354 e. The zero-order valence-electron chi connectivity index (χ0n) is 13.5. The van der Waals surface area contributed by atoms with E-state index in [0.29, 0.717) is 0 Å². The summed E-state index contributed by atoms with van der Waals surface area (Å²) in [6.07, 6.45) is 4.31. The molecule has 0 aliphatic rings. The van der Waals surface area contributed by atoms with Gasteiger partial charge in [-0.1, -0.05) is 47.1 Å². The molecule has 0 aliphatic carbocycles. The van der Waals surface area contributed by atoms with Crippen molar-refractivity contribution >= 4 is 26.8 Å². The fraction of sp³-hybridized carbons (Fsp3) is 0.300. The maximum Gasteiger partial charge on any atom is 0.0497 e. The number of aromatic amines is 1. The summed E-state index contributed by atoms with van der Waals surface area (Å²) in [6.45, 7) is 2.94. The quantitative estimate of drug-likeness (QED) is 0.557. The first-order valence-corrected chi connectivity index (χ1v) is 9.11. The number of rotatable bonds is 6. The second kappa shape index (κ2) is 7.33. The molecule has 0 aliphatic heterocycles. The van der Waals surface area contributed by atoms with Crippen molar-refractivity contribution in [2.24, 2.45) is 5.73 Å². The Morgan fingerprint density at radius 1 is 1.04 bits per heavy atom. The molecule has 2 nitrogen and oxygen atoms in total. The predicted octanol–water partition coefficient (Wildman–Crippen LogP) is 5.44. The molecular weight excluding hydrogens is 348 g/mol. The molecule has 0 spiro atoms. The van der Waals surface area contributed by atoms with Gasteiger partial charge < -0.3 is 10.7 Å². The zero-order valence-corrected chi connectivity index (χ0v) is 15.1. The van der Waals surface area contributed by atoms with Crippen LogP contribution in [0.4, 0.5) is 0 Å². The van der Waals surface area contributed by atoms with E-state index < -0.39 is 0 Å². The van der Waals surface area contributed by atoms with Crippen molar-refractivity contribution in [3.8, 4) is 11.3 Å². The molecule has 3 aromatic rings. The lowest BCUT2D eigenvalue weighted by molar-refractivity contribution is 0.748. The van der Waals surface area contributed by atoms with Crippen LogP contribution >= 0.6 is 15.9 Å². The fourth-order valence-electron chi connectivity index (χ4n) is 3.08. The molecule has 0 bridgehead atoms. The average Bonchev–Trinajstić information content (AvgIpc) is 2.93. The maximum atomic E-state index is 5.67. The molecule has 23 heavy (non-hydrogen) atoms. The van der Waals surface area contributed by atoms with E-state index in [1.807, 2.05) is 0 Å². The van der Waals surface area contributed by atoms with Gasteiger partial charge in [-0.25, -0.2) is 0 Å². The Morgan fingerprint density at radius 3 is 2.52 bits per heavy atom. The highest BCUT2D eigenvalue weighted by atomic mass is 79.9. The van der Waals surface area contributed by atoms with E-state index in [-0.39, 0.29) is 0 Å². The van der Waals surface area contributed by atoms with Crippen molar-refractivity contribution in [1.82, 2.24) is 4.98 Å². The summed E-state index contributed by atoms with van der Waals surface area (Å²) in [6, 6.07) is 15.4. The highest BCUT2D eigenvalue weighted by molar-refractivity contribution is 9.10. The highest BCUT2D eigenvalue weighted by Crippen LogP contribution is 2.33. The Morgan fingerprint density at radius 2 is 1.83 bits per heavy atom. The van der Waals surface area contributed by atoms with Gasteiger partial charge in [0.05, 0.1) is 0 Å². The van der Waals surface area contributed by atoms with Crippen molar-refractivity contribution in [1.29, 1.82) is 0 Å². The first kappa shape index (κ1) is 16.3. The van der Waals surface area contributed by atoms with E-state index in [1.165, 1.54) is 33.3 Å². The van der Waals surface area contributed by atoms with Crippen LogP contribution in [0, 0.1) is 0 Å². The zero-order chi connectivity index (χ0) is 16.2. The Hall–Kier alpha value is -1.58. The molecule has 0 radical (unpaired) electrons. The first-order valence-electron chi connectivity index (χ1n) is 8.32. The molecular formula is C20H23BrN2. The number of fused-ring (bicyclic) bond motifs is 1. The lowest BCUT2D eigenvalue weighted by atomic mass is 9.99. The number of aromatic nitrogens is 1. The number of nitrogens with one attached hydrogen (secondary N) is 1. The molecule has 3 N–H and O–H groups in total. The molecule has 0 saturated heterocycles. The van der Waals surface area contributed by atoms with Crippen molar-refractivity contribution < 1.29 is 0 Å². The molecule has 1 aromatic heterocycles. The van der Waals surface area contributed by atoms with Gasteiger partial charge in [-0.3, -0.25) is 0 Å². The topological polar surface area (TPSA) is 41.8 Å². The molecule has 3 rings (SSSR count). The van der Waals surface area contributed by atoms with Gasteiger partial charge in [0.2, 0.25) is 0 Å². The minimum atomic E-state index is 0.757. The summed E-state index contributed by atoms with van der Waals surface area (Å²) >= 11 is 3.60. The molecule has 2 aromatic carbocycles. The highest BCUT2D eigenvalue weighted by Gasteiger charge is 2.13. The van der Waals surface area contributed by atoms with Gasteiger partial charge in [-0.15, -0.1) is 0 Å². The number of aryl methyl sites for hydroxylation is 2. The summed E-state index contributed by atoms with van der Waals surface area (Å²) in [5.74, 6) is 0. The van der Waals surface area contributed by atoms with Crippen LogP contribution in [-0.2, 0) is 12.8 Å². The van der Waals surface area contributed by atoms with Crippen molar-refractivity contribution in [2.45, 2.75) is 32.6 Å². The maximum absolute atomic E-state index is 5.67. The first-order chi connectivity index (χ1) is 11.2. The Bertz CT molecular complexity index is 787. The number of benzene rings is 2. The summed E-state index contributed by atoms with van der Waals surface area (Å²) in [7, 11) is 0. The van der Waals surface area contributed by atoms with Crippen molar-refractivity contribution in [2.75, 3.05) is 6.54 Å². The third kappa shape index (κ3) is 3.51. The standard InChI is InChI=1S/C20H23BrN2/c1-2-14-6-8-15(9-7-14)20-17(5-3-4-12-22)18-13-16(21)10-11-19(18)23-20/h6-11,13,23H,2-5,12,22H2,1H3. The second-order valence-corrected chi connectivity index (χ2v) is 6.88. The van der Waals surface area contributed by atoms with Crippen LogP contribution < -0.4 is 5.73 Å². The minimum absolute atomic E-state index is 0.757. The summed E-state index contributed by atoms with van der Waals surface area (Å²) in [4.78, 5) is 3.62. The Kier molecular flexibility index (Phi) is 5.19. The number of H-pyrrole nitrogens is 1. The van der Waals surface area contributed by atoms with Crippen LogP contribution in [-0.4, -0.2) is 11.5 Å². The number of hydrogen-bond acceptors (Lipinski definition) is 1. The van der Waals surface area contributed by atoms with Gasteiger partial charge in [0.15, 0.2) is 0 Å². The molecule has 120 valence electrons. The lowest BCUT2D eigenvalue weighted by Gasteiger charge is -2.06. The number of nitrogens with two attached hydrogens (primary N) is 1. The predicted molar refractivity (Wildman–Crippen MR) is 103 cm³/mol. The van der Waals surface area contributed by atoms with Crippen LogP contribution in [0.25, 0.3) is 22.2 Å². The van der Waals surface area contributed by atoms with Gasteiger partial charge in [0.25, 0.3) is 0 Å². The van der Waals surface area contributed by atoms with Crippen LogP contribution in [0.15, 0.2) is 46.9 Å². The Balaban J connectivity index is 2.07. The van der Waals surface area contributed by atoms with Crippen LogP contribution in [0.3, 0.4) is 0 Å². The van der Waals surface area contributed by atoms with Crippen LogP contribution in [0.2, 0.25) is 0 Å². The average molecular weight is 371 g/mol. The largest absolute Gasteiger partial charge is 0.354 e. The third-order valence-electron chi connectivity index (χ3n) is 4.40. The molecule has 0 unspecified atom stereocenters. The van der Waals surface area contributed by atoms with Gasteiger partial charge in [0, 0.05) is 21.1 Å². The molecule has 0 saturated carbocycles. The lowest BCUT2D eigenvalue weighted by Crippen LogP contribution is -1.99. The number of halogens is 1. The molecule has 0 atom stereocenters. The molecule has 3 heteroatoms. The van der Waals surface area contributed by atoms with Crippen molar-refractivity contribution in [3.63, 3.8) is 0 Å². The summed E-state index contributed by atoms with van der Waals surface area (Å²) < 4.78 is 1.12. The van der Waals surface area contributed by atoms with E-state index in [4.69, 9.17) is 5.73 Å². The van der Waals surface area contributed by atoms with Crippen LogP contribution in [0.1, 0.15) is 30.9 Å². The van der Waals surface area contributed by atoms with Gasteiger partial charge >= 0.3 is 0 Å². The van der Waals surface area contributed by atoms with E-state index in [1.54, 1.807) is 0 Å². The van der Waals surface area contributed by atoms with Gasteiger partial charge in [-0.05, 0) is 67.1 Å². The Labute approximate surface area is 146 Å². The molecule has 1 heterocycles. The number of unbranched alkanes of at least 4 members (excludes halogenated alkanes) is 1. The van der Waals surface area contributed by atoms with E-state index in [9.17, 15) is 0 Å². The second-order valence-electron chi connectivity index (χ2n) is 5.96. The summed E-state index contributed by atoms with van der Waals surface area (Å²) in [5.41, 5.74) is 12.2. The fourth-order valence-corrected chi connectivity index (χ4v) is 3.44. The normalized spacial score (nSPS) is 11.3. The van der Waals surface area contributed by atoms with Gasteiger partial charge in [0.1, 0.15) is 0 Å². The molecule has 0 fully saturated rings. The summed E-state index contributed by atoms with van der Waals surface area (Å²) in [5, 5.41) is 1.31. The van der Waals surface area contributed by atoms with Crippen molar-refractivity contribution in [3.05, 3.63) is 58.1 Å². The van der Waals surface area contributed by atoms with E-state index >= 15 is 0 Å². The SMILES string of the molecule is CCc1ccc(-c2[nH]c3ccc(Br)cc3c2CCCCN)cc1. The smallest absolute Gasteiger partial charge is 0.0497 e. The van der Waals surface area contributed by atoms with E-state index in [0.717, 1.165) is 36.7 Å². The molecule has 0 amide bonds. The number of hydrogen-bond donors (Lipinski definition) is 2. The van der Waals surface area contributed by atoms with Gasteiger partial charge in [-0.2, -0.15) is 0 Å².